The van der Waals surface area contributed by atoms with Crippen molar-refractivity contribution in [3.8, 4) is 0 Å². The average Bonchev–Trinajstić information content (AvgIpc) is 2.64. The Kier molecular flexibility index (Phi) is 6.74. The number of aliphatic hydroxyl groups excluding tert-OH is 1. The topological polar surface area (TPSA) is 84.9 Å². The SMILES string of the molecule is COC(=O)[C@H](NC(=O)OCc1ccccc1)[C@@H](O)c1c(C)cccc1C. The van der Waals surface area contributed by atoms with Crippen LogP contribution in [0.5, 0.6) is 0 Å². The van der Waals surface area contributed by atoms with Crippen LogP contribution in [-0.2, 0) is 20.9 Å². The van der Waals surface area contributed by atoms with E-state index in [1.165, 1.54) is 7.11 Å². The number of benzene rings is 2. The molecule has 2 aromatic rings. The molecule has 0 heterocycles. The Morgan fingerprint density at radius 2 is 1.65 bits per heavy atom. The Hall–Kier alpha value is -2.86. The number of carbonyl (C=O) groups excluding carboxylic acids is 2. The number of esters is 1. The van der Waals surface area contributed by atoms with Gasteiger partial charge >= 0.3 is 12.1 Å². The minimum atomic E-state index is -1.27. The lowest BCUT2D eigenvalue weighted by atomic mass is 9.93. The molecule has 2 atom stereocenters. The Labute approximate surface area is 152 Å². The molecule has 0 saturated heterocycles. The number of hydrogen-bond donors (Lipinski definition) is 2. The summed E-state index contributed by atoms with van der Waals surface area (Å²) < 4.78 is 9.86. The van der Waals surface area contributed by atoms with Gasteiger partial charge in [0.05, 0.1) is 7.11 Å². The van der Waals surface area contributed by atoms with Gasteiger partial charge in [0.1, 0.15) is 12.7 Å². The monoisotopic (exact) mass is 357 g/mol. The van der Waals surface area contributed by atoms with Crippen LogP contribution in [0.4, 0.5) is 4.79 Å². The van der Waals surface area contributed by atoms with Crippen LogP contribution in [-0.4, -0.2) is 30.3 Å². The first kappa shape index (κ1) is 19.5. The lowest BCUT2D eigenvalue weighted by Crippen LogP contribution is -2.46. The van der Waals surface area contributed by atoms with Crippen LogP contribution in [0.2, 0.25) is 0 Å². The van der Waals surface area contributed by atoms with Gasteiger partial charge in [0.25, 0.3) is 0 Å². The van der Waals surface area contributed by atoms with Gasteiger partial charge in [-0.1, -0.05) is 48.5 Å². The van der Waals surface area contributed by atoms with Gasteiger partial charge in [-0.3, -0.25) is 0 Å². The minimum absolute atomic E-state index is 0.0556. The van der Waals surface area contributed by atoms with E-state index in [2.05, 4.69) is 5.32 Å². The number of methoxy groups -OCH3 is 1. The molecule has 0 fully saturated rings. The van der Waals surface area contributed by atoms with Gasteiger partial charge in [0.15, 0.2) is 6.04 Å². The second-order valence-corrected chi connectivity index (χ2v) is 5.96. The van der Waals surface area contributed by atoms with E-state index in [1.807, 2.05) is 62.4 Å². The third-order valence-electron chi connectivity index (χ3n) is 4.09. The number of rotatable bonds is 6. The predicted molar refractivity (Wildman–Crippen MR) is 96.4 cm³/mol. The molecule has 1 amide bonds. The molecule has 0 aliphatic carbocycles. The third-order valence-corrected chi connectivity index (χ3v) is 4.09. The number of ether oxygens (including phenoxy) is 2. The van der Waals surface area contributed by atoms with Crippen LogP contribution in [0.3, 0.4) is 0 Å². The highest BCUT2D eigenvalue weighted by Gasteiger charge is 2.32. The fourth-order valence-corrected chi connectivity index (χ4v) is 2.75. The van der Waals surface area contributed by atoms with Crippen molar-refractivity contribution in [1.82, 2.24) is 5.32 Å². The smallest absolute Gasteiger partial charge is 0.408 e. The van der Waals surface area contributed by atoms with Crippen molar-refractivity contribution in [3.63, 3.8) is 0 Å². The van der Waals surface area contributed by atoms with Gasteiger partial charge in [0.2, 0.25) is 0 Å². The summed E-state index contributed by atoms with van der Waals surface area (Å²) in [4.78, 5) is 24.2. The van der Waals surface area contributed by atoms with Gasteiger partial charge < -0.3 is 19.9 Å². The Morgan fingerprint density at radius 3 is 2.23 bits per heavy atom. The summed E-state index contributed by atoms with van der Waals surface area (Å²) in [7, 11) is 1.20. The first-order valence-corrected chi connectivity index (χ1v) is 8.23. The number of hydrogen-bond acceptors (Lipinski definition) is 5. The molecule has 0 aliphatic heterocycles. The maximum atomic E-state index is 12.1. The Bertz CT molecular complexity index is 740. The highest BCUT2D eigenvalue weighted by atomic mass is 16.6. The fourth-order valence-electron chi connectivity index (χ4n) is 2.75. The van der Waals surface area contributed by atoms with Crippen molar-refractivity contribution in [2.24, 2.45) is 0 Å². The molecule has 0 radical (unpaired) electrons. The van der Waals surface area contributed by atoms with E-state index >= 15 is 0 Å². The van der Waals surface area contributed by atoms with E-state index < -0.39 is 24.2 Å². The van der Waals surface area contributed by atoms with Crippen LogP contribution in [0, 0.1) is 13.8 Å². The van der Waals surface area contributed by atoms with Crippen molar-refractivity contribution < 1.29 is 24.2 Å². The van der Waals surface area contributed by atoms with Crippen molar-refractivity contribution in [2.45, 2.75) is 32.6 Å². The highest BCUT2D eigenvalue weighted by Crippen LogP contribution is 2.25. The van der Waals surface area contributed by atoms with E-state index in [4.69, 9.17) is 9.47 Å². The summed E-state index contributed by atoms with van der Waals surface area (Å²) in [6.07, 6.45) is -2.07. The summed E-state index contributed by atoms with van der Waals surface area (Å²) >= 11 is 0. The Morgan fingerprint density at radius 1 is 1.04 bits per heavy atom. The molecule has 2 aromatic carbocycles. The average molecular weight is 357 g/mol. The lowest BCUT2D eigenvalue weighted by molar-refractivity contribution is -0.146. The molecule has 0 bridgehead atoms. The summed E-state index contributed by atoms with van der Waals surface area (Å²) in [5, 5.41) is 13.1. The molecular weight excluding hydrogens is 334 g/mol. The lowest BCUT2D eigenvalue weighted by Gasteiger charge is -2.24. The molecule has 6 heteroatoms. The van der Waals surface area contributed by atoms with Crippen LogP contribution in [0.25, 0.3) is 0 Å². The van der Waals surface area contributed by atoms with Gasteiger partial charge in [-0.25, -0.2) is 9.59 Å². The molecule has 2 rings (SSSR count). The van der Waals surface area contributed by atoms with E-state index in [0.717, 1.165) is 16.7 Å². The normalized spacial score (nSPS) is 12.8. The molecule has 0 unspecified atom stereocenters. The van der Waals surface area contributed by atoms with Crippen LogP contribution in [0.15, 0.2) is 48.5 Å². The number of alkyl carbamates (subject to hydrolysis) is 1. The molecule has 6 nitrogen and oxygen atoms in total. The van der Waals surface area contributed by atoms with Crippen LogP contribution in [0.1, 0.15) is 28.4 Å². The first-order chi connectivity index (χ1) is 12.4. The molecule has 0 spiro atoms. The summed E-state index contributed by atoms with van der Waals surface area (Å²) in [6, 6.07) is 13.4. The number of aryl methyl sites for hydroxylation is 2. The van der Waals surface area contributed by atoms with Gasteiger partial charge in [-0.15, -0.1) is 0 Å². The van der Waals surface area contributed by atoms with Crippen LogP contribution < -0.4 is 5.32 Å². The molecule has 0 saturated carbocycles. The number of aliphatic hydroxyl groups is 1. The summed E-state index contributed by atoms with van der Waals surface area (Å²) in [5.74, 6) is -0.753. The van der Waals surface area contributed by atoms with E-state index in [-0.39, 0.29) is 6.61 Å². The van der Waals surface area contributed by atoms with E-state index in [9.17, 15) is 14.7 Å². The number of carbonyl (C=O) groups is 2. The molecule has 2 N–H and O–H groups in total. The summed E-state index contributed by atoms with van der Waals surface area (Å²) in [6.45, 7) is 3.71. The summed E-state index contributed by atoms with van der Waals surface area (Å²) in [5.41, 5.74) is 3.01. The molecule has 0 aliphatic rings. The van der Waals surface area contributed by atoms with E-state index in [0.29, 0.717) is 5.56 Å². The third kappa shape index (κ3) is 4.83. The standard InChI is InChI=1S/C20H23NO5/c1-13-8-7-9-14(2)16(13)18(22)17(19(23)25-3)21-20(24)26-12-15-10-5-4-6-11-15/h4-11,17-18,22H,12H2,1-3H3,(H,21,24)/t17-,18+/m1/s1. The Balaban J connectivity index is 2.12. The van der Waals surface area contributed by atoms with Crippen molar-refractivity contribution in [1.29, 1.82) is 0 Å². The zero-order valence-corrected chi connectivity index (χ0v) is 15.1. The number of amides is 1. The molecule has 0 aromatic heterocycles. The van der Waals surface area contributed by atoms with Gasteiger partial charge in [-0.05, 0) is 36.1 Å². The molecule has 26 heavy (non-hydrogen) atoms. The largest absolute Gasteiger partial charge is 0.467 e. The zero-order valence-electron chi connectivity index (χ0n) is 15.1. The first-order valence-electron chi connectivity index (χ1n) is 8.23. The second-order valence-electron chi connectivity index (χ2n) is 5.96. The number of nitrogens with one attached hydrogen (secondary N) is 1. The zero-order chi connectivity index (χ0) is 19.1. The van der Waals surface area contributed by atoms with Crippen LogP contribution >= 0.6 is 0 Å². The predicted octanol–water partition coefficient (Wildman–Crippen LogP) is 2.80. The van der Waals surface area contributed by atoms with Crippen molar-refractivity contribution in [2.75, 3.05) is 7.11 Å². The second kappa shape index (κ2) is 9.01. The maximum absolute atomic E-state index is 12.1. The highest BCUT2D eigenvalue weighted by molar-refractivity contribution is 5.82. The van der Waals surface area contributed by atoms with Crippen molar-refractivity contribution in [3.05, 3.63) is 70.8 Å². The quantitative estimate of drug-likeness (QED) is 0.777. The molecule has 138 valence electrons. The van der Waals surface area contributed by atoms with Gasteiger partial charge in [0, 0.05) is 0 Å². The molecular formula is C20H23NO5. The minimum Gasteiger partial charge on any atom is -0.467 e. The fraction of sp³-hybridized carbons (Fsp3) is 0.300. The van der Waals surface area contributed by atoms with Gasteiger partial charge in [-0.2, -0.15) is 0 Å². The van der Waals surface area contributed by atoms with Crippen molar-refractivity contribution >= 4 is 12.1 Å². The maximum Gasteiger partial charge on any atom is 0.408 e. The van der Waals surface area contributed by atoms with E-state index in [1.54, 1.807) is 0 Å².